The maximum Gasteiger partial charge on any atom is 0.137 e. The van der Waals surface area contributed by atoms with Gasteiger partial charge in [-0.2, -0.15) is 0 Å². The summed E-state index contributed by atoms with van der Waals surface area (Å²) in [6.07, 6.45) is 1.51. The van der Waals surface area contributed by atoms with Crippen molar-refractivity contribution in [2.24, 2.45) is 0 Å². The van der Waals surface area contributed by atoms with Gasteiger partial charge in [0.05, 0.1) is 10.6 Å². The number of aliphatic hydroxyl groups excluding tert-OH is 1. The Morgan fingerprint density at radius 1 is 1.10 bits per heavy atom. The fourth-order valence-electron chi connectivity index (χ4n) is 2.27. The van der Waals surface area contributed by atoms with E-state index in [1.165, 1.54) is 17.2 Å². The highest BCUT2D eigenvalue weighted by Crippen LogP contribution is 2.22. The minimum atomic E-state index is -0.465. The highest BCUT2D eigenvalue weighted by molar-refractivity contribution is 9.10. The Morgan fingerprint density at radius 2 is 1.80 bits per heavy atom. The van der Waals surface area contributed by atoms with Crippen molar-refractivity contribution in [3.05, 3.63) is 69.4 Å². The normalized spacial score (nSPS) is 12.4. The zero-order chi connectivity index (χ0) is 14.5. The number of hydrogen-bond acceptors (Lipinski definition) is 1. The van der Waals surface area contributed by atoms with Crippen LogP contribution in [0.5, 0.6) is 0 Å². The lowest BCUT2D eigenvalue weighted by Crippen LogP contribution is -2.12. The van der Waals surface area contributed by atoms with Crippen molar-refractivity contribution in [1.29, 1.82) is 0 Å². The molecule has 0 radical (unpaired) electrons. The topological polar surface area (TPSA) is 20.2 Å². The number of rotatable bonds is 5. The van der Waals surface area contributed by atoms with E-state index in [0.29, 0.717) is 17.3 Å². The van der Waals surface area contributed by atoms with Gasteiger partial charge < -0.3 is 5.11 Å². The van der Waals surface area contributed by atoms with Crippen LogP contribution in [0.4, 0.5) is 4.39 Å². The van der Waals surface area contributed by atoms with E-state index < -0.39 is 6.10 Å². The summed E-state index contributed by atoms with van der Waals surface area (Å²) in [6.45, 7) is 2.07. The summed E-state index contributed by atoms with van der Waals surface area (Å²) in [7, 11) is 0. The quantitative estimate of drug-likeness (QED) is 0.856. The summed E-state index contributed by atoms with van der Waals surface area (Å²) < 4.78 is 13.9. The molecular formula is C17H18BrFO. The van der Waals surface area contributed by atoms with E-state index in [1.807, 2.05) is 18.2 Å². The average molecular weight is 337 g/mol. The fourth-order valence-corrected chi connectivity index (χ4v) is 2.70. The fraction of sp³-hybridized carbons (Fsp3) is 0.294. The molecular weight excluding hydrogens is 319 g/mol. The van der Waals surface area contributed by atoms with Crippen molar-refractivity contribution in [3.8, 4) is 0 Å². The molecule has 1 unspecified atom stereocenters. The van der Waals surface area contributed by atoms with Gasteiger partial charge >= 0.3 is 0 Å². The van der Waals surface area contributed by atoms with Gasteiger partial charge in [0.25, 0.3) is 0 Å². The van der Waals surface area contributed by atoms with Crippen molar-refractivity contribution in [2.75, 3.05) is 0 Å². The molecule has 2 aromatic carbocycles. The van der Waals surface area contributed by atoms with Crippen LogP contribution in [0.2, 0.25) is 0 Å². The van der Waals surface area contributed by atoms with Crippen LogP contribution in [-0.4, -0.2) is 11.2 Å². The second-order valence-electron chi connectivity index (χ2n) is 5.04. The van der Waals surface area contributed by atoms with E-state index in [2.05, 4.69) is 35.0 Å². The average Bonchev–Trinajstić information content (AvgIpc) is 2.43. The number of hydrogen-bond donors (Lipinski definition) is 1. The summed E-state index contributed by atoms with van der Waals surface area (Å²) in [5.74, 6) is -0.284. The molecule has 1 N–H and O–H groups in total. The van der Waals surface area contributed by atoms with Crippen LogP contribution in [0, 0.1) is 12.7 Å². The first-order valence-electron chi connectivity index (χ1n) is 6.73. The predicted octanol–water partition coefficient (Wildman–Crippen LogP) is 4.43. The van der Waals surface area contributed by atoms with Crippen molar-refractivity contribution < 1.29 is 9.50 Å². The zero-order valence-corrected chi connectivity index (χ0v) is 13.0. The molecule has 0 bridgehead atoms. The number of halogens is 2. The first kappa shape index (κ1) is 15.2. The van der Waals surface area contributed by atoms with E-state index >= 15 is 0 Å². The van der Waals surface area contributed by atoms with Crippen LogP contribution in [0.15, 0.2) is 46.9 Å². The van der Waals surface area contributed by atoms with Crippen molar-refractivity contribution in [2.45, 2.75) is 32.3 Å². The van der Waals surface area contributed by atoms with Crippen LogP contribution in [0.3, 0.4) is 0 Å². The Hall–Kier alpha value is -1.19. The summed E-state index contributed by atoms with van der Waals surface area (Å²) in [5.41, 5.74) is 3.30. The predicted molar refractivity (Wildman–Crippen MR) is 83.3 cm³/mol. The van der Waals surface area contributed by atoms with E-state index in [1.54, 1.807) is 6.07 Å². The Bertz CT molecular complexity index is 583. The smallest absolute Gasteiger partial charge is 0.137 e. The van der Waals surface area contributed by atoms with Gasteiger partial charge in [-0.15, -0.1) is 0 Å². The summed E-state index contributed by atoms with van der Waals surface area (Å²) in [6, 6.07) is 13.1. The lowest BCUT2D eigenvalue weighted by molar-refractivity contribution is 0.165. The Morgan fingerprint density at radius 3 is 2.55 bits per heavy atom. The second-order valence-corrected chi connectivity index (χ2v) is 5.83. The summed E-state index contributed by atoms with van der Waals surface area (Å²) in [4.78, 5) is 0. The largest absolute Gasteiger partial charge is 0.393 e. The Balaban J connectivity index is 1.94. The molecule has 0 aromatic heterocycles. The molecule has 106 valence electrons. The molecule has 0 aliphatic heterocycles. The van der Waals surface area contributed by atoms with E-state index in [-0.39, 0.29) is 5.82 Å². The van der Waals surface area contributed by atoms with Gasteiger partial charge in [-0.1, -0.05) is 36.4 Å². The van der Waals surface area contributed by atoms with Gasteiger partial charge in [-0.25, -0.2) is 4.39 Å². The maximum absolute atomic E-state index is 13.4. The lowest BCUT2D eigenvalue weighted by atomic mass is 9.99. The van der Waals surface area contributed by atoms with Crippen LogP contribution in [0.25, 0.3) is 0 Å². The van der Waals surface area contributed by atoms with Crippen molar-refractivity contribution in [3.63, 3.8) is 0 Å². The first-order valence-corrected chi connectivity index (χ1v) is 7.52. The molecule has 3 heteroatoms. The van der Waals surface area contributed by atoms with Gasteiger partial charge in [-0.05, 0) is 64.9 Å². The van der Waals surface area contributed by atoms with Gasteiger partial charge in [0.15, 0.2) is 0 Å². The van der Waals surface area contributed by atoms with E-state index in [0.717, 1.165) is 12.0 Å². The first-order chi connectivity index (χ1) is 9.58. The second kappa shape index (κ2) is 7.00. The van der Waals surface area contributed by atoms with Crippen molar-refractivity contribution >= 4 is 15.9 Å². The standard InChI is InChI=1S/C17H18BrFO/c1-12-5-2-3-6-13(12)9-10-15(20)11-14-7-4-8-16(19)17(14)18/h2-8,15,20H,9-11H2,1H3. The van der Waals surface area contributed by atoms with E-state index in [4.69, 9.17) is 0 Å². The molecule has 0 amide bonds. The highest BCUT2D eigenvalue weighted by Gasteiger charge is 2.11. The number of benzene rings is 2. The third kappa shape index (κ3) is 3.90. The molecule has 2 aromatic rings. The Labute approximate surface area is 127 Å². The molecule has 0 heterocycles. The maximum atomic E-state index is 13.4. The van der Waals surface area contributed by atoms with Crippen LogP contribution in [0.1, 0.15) is 23.1 Å². The minimum Gasteiger partial charge on any atom is -0.393 e. The lowest BCUT2D eigenvalue weighted by Gasteiger charge is -2.13. The van der Waals surface area contributed by atoms with Gasteiger partial charge in [0.1, 0.15) is 5.82 Å². The molecule has 0 aliphatic rings. The monoisotopic (exact) mass is 336 g/mol. The zero-order valence-electron chi connectivity index (χ0n) is 11.4. The molecule has 0 fully saturated rings. The van der Waals surface area contributed by atoms with Crippen LogP contribution >= 0.6 is 15.9 Å². The van der Waals surface area contributed by atoms with Gasteiger partial charge in [-0.3, -0.25) is 0 Å². The Kier molecular flexibility index (Phi) is 5.32. The van der Waals surface area contributed by atoms with Gasteiger partial charge in [0.2, 0.25) is 0 Å². The summed E-state index contributed by atoms with van der Waals surface area (Å²) in [5, 5.41) is 10.1. The van der Waals surface area contributed by atoms with Gasteiger partial charge in [0, 0.05) is 0 Å². The number of aliphatic hydroxyl groups is 1. The minimum absolute atomic E-state index is 0.284. The number of aryl methyl sites for hydroxylation is 2. The molecule has 1 atom stereocenters. The third-order valence-corrected chi connectivity index (χ3v) is 4.38. The molecule has 2 rings (SSSR count). The van der Waals surface area contributed by atoms with Crippen LogP contribution < -0.4 is 0 Å². The third-order valence-electron chi connectivity index (χ3n) is 3.50. The van der Waals surface area contributed by atoms with E-state index in [9.17, 15) is 9.50 Å². The molecule has 0 aliphatic carbocycles. The molecule has 0 saturated heterocycles. The highest BCUT2D eigenvalue weighted by atomic mass is 79.9. The van der Waals surface area contributed by atoms with Crippen LogP contribution in [-0.2, 0) is 12.8 Å². The van der Waals surface area contributed by atoms with Crippen molar-refractivity contribution in [1.82, 2.24) is 0 Å². The molecule has 0 spiro atoms. The molecule has 0 saturated carbocycles. The summed E-state index contributed by atoms with van der Waals surface area (Å²) >= 11 is 3.23. The SMILES string of the molecule is Cc1ccccc1CCC(O)Cc1cccc(F)c1Br. The molecule has 1 nitrogen and oxygen atoms in total. The molecule has 20 heavy (non-hydrogen) atoms.